The van der Waals surface area contributed by atoms with Gasteiger partial charge in [0.2, 0.25) is 5.91 Å². The molecule has 0 bridgehead atoms. The van der Waals surface area contributed by atoms with Gasteiger partial charge in [-0.25, -0.2) is 0 Å². The number of primary amides is 1. The predicted octanol–water partition coefficient (Wildman–Crippen LogP) is 2.83. The third-order valence-corrected chi connectivity index (χ3v) is 3.52. The third-order valence-electron chi connectivity index (χ3n) is 3.52. The topological polar surface area (TPSA) is 85.6 Å². The zero-order chi connectivity index (χ0) is 17.9. The first-order valence-corrected chi connectivity index (χ1v) is 8.27. The van der Waals surface area contributed by atoms with E-state index in [0.717, 1.165) is 30.0 Å². The molecule has 2 rings (SSSR count). The molecule has 2 aromatic carbocycles. The summed E-state index contributed by atoms with van der Waals surface area (Å²) in [5.74, 6) is 0.348. The van der Waals surface area contributed by atoms with Gasteiger partial charge in [0.05, 0.1) is 6.54 Å². The van der Waals surface area contributed by atoms with Crippen LogP contribution in [0.4, 0.5) is 11.4 Å². The predicted molar refractivity (Wildman–Crippen MR) is 99.7 cm³/mol. The fourth-order valence-electron chi connectivity index (χ4n) is 2.30. The van der Waals surface area contributed by atoms with Crippen LogP contribution in [0.15, 0.2) is 54.6 Å². The summed E-state index contributed by atoms with van der Waals surface area (Å²) in [5.41, 5.74) is 6.94. The van der Waals surface area contributed by atoms with Crippen molar-refractivity contribution >= 4 is 17.3 Å². The summed E-state index contributed by atoms with van der Waals surface area (Å²) in [6, 6.07) is 17.4. The molecule has 1 amide bonds. The number of anilines is 2. The van der Waals surface area contributed by atoms with Gasteiger partial charge in [-0.1, -0.05) is 18.2 Å². The highest BCUT2D eigenvalue weighted by Crippen LogP contribution is 2.19. The molecule has 0 saturated heterocycles. The van der Waals surface area contributed by atoms with Gasteiger partial charge < -0.3 is 25.8 Å². The van der Waals surface area contributed by atoms with Gasteiger partial charge in [0.1, 0.15) is 5.75 Å². The van der Waals surface area contributed by atoms with E-state index in [4.69, 9.17) is 15.2 Å². The van der Waals surface area contributed by atoms with Crippen molar-refractivity contribution in [1.82, 2.24) is 0 Å². The molecule has 6 nitrogen and oxygen atoms in total. The largest absolute Gasteiger partial charge is 0.471 e. The van der Waals surface area contributed by atoms with E-state index in [9.17, 15) is 4.79 Å². The number of benzene rings is 2. The quantitative estimate of drug-likeness (QED) is 0.431. The van der Waals surface area contributed by atoms with Gasteiger partial charge in [0.25, 0.3) is 0 Å². The Bertz CT molecular complexity index is 632. The van der Waals surface area contributed by atoms with Crippen LogP contribution < -0.4 is 21.1 Å². The molecule has 25 heavy (non-hydrogen) atoms. The Hall–Kier alpha value is -2.73. The normalized spacial score (nSPS) is 11.6. The Kier molecular flexibility index (Phi) is 7.59. The van der Waals surface area contributed by atoms with Crippen molar-refractivity contribution in [2.24, 2.45) is 5.73 Å². The fraction of sp³-hybridized carbons (Fsp3) is 0.316. The highest BCUT2D eigenvalue weighted by molar-refractivity contribution is 5.78. The summed E-state index contributed by atoms with van der Waals surface area (Å²) in [6.45, 7) is 0.793. The molecule has 0 aliphatic rings. The number of amides is 1. The van der Waals surface area contributed by atoms with E-state index in [1.807, 2.05) is 54.6 Å². The van der Waals surface area contributed by atoms with Crippen molar-refractivity contribution in [3.05, 3.63) is 54.6 Å². The maximum atomic E-state index is 10.8. The second-order valence-electron chi connectivity index (χ2n) is 5.60. The number of carbonyl (C=O) groups excluding carboxylic acids is 1. The first kappa shape index (κ1) is 18.6. The van der Waals surface area contributed by atoms with Crippen LogP contribution in [-0.2, 0) is 9.53 Å². The number of para-hydroxylation sites is 1. The second-order valence-corrected chi connectivity index (χ2v) is 5.60. The maximum absolute atomic E-state index is 10.8. The summed E-state index contributed by atoms with van der Waals surface area (Å²) >= 11 is 0. The monoisotopic (exact) mass is 343 g/mol. The van der Waals surface area contributed by atoms with Crippen molar-refractivity contribution in [3.8, 4) is 5.75 Å². The van der Waals surface area contributed by atoms with Crippen LogP contribution in [0, 0.1) is 0 Å². The van der Waals surface area contributed by atoms with Gasteiger partial charge in [0, 0.05) is 31.5 Å². The lowest BCUT2D eigenvalue weighted by Crippen LogP contribution is -2.26. The molecule has 4 N–H and O–H groups in total. The molecule has 134 valence electrons. The van der Waals surface area contributed by atoms with Gasteiger partial charge >= 0.3 is 0 Å². The van der Waals surface area contributed by atoms with E-state index in [-0.39, 0.29) is 12.8 Å². The van der Waals surface area contributed by atoms with Gasteiger partial charge in [0.15, 0.2) is 6.23 Å². The van der Waals surface area contributed by atoms with Crippen molar-refractivity contribution in [1.29, 1.82) is 0 Å². The van der Waals surface area contributed by atoms with Crippen LogP contribution >= 0.6 is 0 Å². The average Bonchev–Trinajstić information content (AvgIpc) is 2.62. The molecule has 0 aromatic heterocycles. The van der Waals surface area contributed by atoms with Crippen molar-refractivity contribution in [2.45, 2.75) is 19.1 Å². The Balaban J connectivity index is 1.95. The molecule has 0 aliphatic carbocycles. The van der Waals surface area contributed by atoms with E-state index >= 15 is 0 Å². The van der Waals surface area contributed by atoms with Crippen molar-refractivity contribution in [2.75, 3.05) is 30.9 Å². The van der Waals surface area contributed by atoms with Crippen LogP contribution in [0.2, 0.25) is 0 Å². The van der Waals surface area contributed by atoms with Gasteiger partial charge in [-0.15, -0.1) is 0 Å². The number of nitrogens with one attached hydrogen (secondary N) is 2. The van der Waals surface area contributed by atoms with Crippen LogP contribution in [-0.4, -0.2) is 32.4 Å². The van der Waals surface area contributed by atoms with E-state index in [0.29, 0.717) is 6.61 Å². The number of hydrogen-bond acceptors (Lipinski definition) is 5. The summed E-state index contributed by atoms with van der Waals surface area (Å²) in [4.78, 5) is 10.8. The molecule has 1 atom stereocenters. The number of carbonyl (C=O) groups is 1. The number of hydrogen-bond donors (Lipinski definition) is 3. The first-order valence-electron chi connectivity index (χ1n) is 8.27. The number of rotatable bonds is 11. The minimum absolute atomic E-state index is 0.107. The summed E-state index contributed by atoms with van der Waals surface area (Å²) < 4.78 is 11.2. The maximum Gasteiger partial charge on any atom is 0.236 e. The standard InChI is InChI=1S/C19H25N3O3/c1-24-13-5-8-19(22-16-6-3-2-4-7-16)25-17-11-9-15(10-12-17)21-14-18(20)23/h2-4,6-7,9-12,19,21-22H,5,8,13-14H2,1H3,(H2,20,23). The average molecular weight is 343 g/mol. The summed E-state index contributed by atoms with van der Waals surface area (Å²) in [7, 11) is 1.69. The number of nitrogens with two attached hydrogens (primary N) is 1. The minimum atomic E-state index is -0.398. The highest BCUT2D eigenvalue weighted by atomic mass is 16.5. The Morgan fingerprint density at radius 1 is 1.08 bits per heavy atom. The van der Waals surface area contributed by atoms with E-state index in [1.165, 1.54) is 0 Å². The zero-order valence-corrected chi connectivity index (χ0v) is 14.4. The van der Waals surface area contributed by atoms with Gasteiger partial charge in [-0.2, -0.15) is 0 Å². The van der Waals surface area contributed by atoms with Gasteiger partial charge in [-0.3, -0.25) is 4.79 Å². The molecule has 2 aromatic rings. The second kappa shape index (κ2) is 10.2. The Morgan fingerprint density at radius 2 is 1.80 bits per heavy atom. The Morgan fingerprint density at radius 3 is 2.44 bits per heavy atom. The van der Waals surface area contributed by atoms with Gasteiger partial charge in [-0.05, 0) is 42.8 Å². The molecule has 0 radical (unpaired) electrons. The molecule has 0 heterocycles. The first-order chi connectivity index (χ1) is 12.2. The molecular formula is C19H25N3O3. The van der Waals surface area contributed by atoms with Crippen LogP contribution in [0.1, 0.15) is 12.8 Å². The van der Waals surface area contributed by atoms with Crippen molar-refractivity contribution in [3.63, 3.8) is 0 Å². The Labute approximate surface area is 148 Å². The van der Waals surface area contributed by atoms with E-state index in [1.54, 1.807) is 7.11 Å². The lowest BCUT2D eigenvalue weighted by Gasteiger charge is -2.21. The lowest BCUT2D eigenvalue weighted by molar-refractivity contribution is -0.116. The van der Waals surface area contributed by atoms with Crippen LogP contribution in [0.5, 0.6) is 5.75 Å². The molecule has 0 fully saturated rings. The minimum Gasteiger partial charge on any atom is -0.471 e. The molecule has 0 saturated carbocycles. The lowest BCUT2D eigenvalue weighted by atomic mass is 10.2. The van der Waals surface area contributed by atoms with Crippen LogP contribution in [0.3, 0.4) is 0 Å². The van der Waals surface area contributed by atoms with E-state index < -0.39 is 5.91 Å². The number of ether oxygens (including phenoxy) is 2. The van der Waals surface area contributed by atoms with Crippen LogP contribution in [0.25, 0.3) is 0 Å². The van der Waals surface area contributed by atoms with E-state index in [2.05, 4.69) is 10.6 Å². The molecule has 0 spiro atoms. The molecular weight excluding hydrogens is 318 g/mol. The zero-order valence-electron chi connectivity index (χ0n) is 14.4. The number of methoxy groups -OCH3 is 1. The third kappa shape index (κ3) is 7.14. The SMILES string of the molecule is COCCCC(Nc1ccccc1)Oc1ccc(NCC(N)=O)cc1. The smallest absolute Gasteiger partial charge is 0.236 e. The molecule has 0 aliphatic heterocycles. The summed E-state index contributed by atoms with van der Waals surface area (Å²) in [6.07, 6.45) is 1.53. The van der Waals surface area contributed by atoms with Crippen molar-refractivity contribution < 1.29 is 14.3 Å². The fourth-order valence-corrected chi connectivity index (χ4v) is 2.30. The molecule has 6 heteroatoms. The molecule has 1 unspecified atom stereocenters. The highest BCUT2D eigenvalue weighted by Gasteiger charge is 2.10. The summed E-state index contributed by atoms with van der Waals surface area (Å²) in [5, 5.41) is 6.33.